The summed E-state index contributed by atoms with van der Waals surface area (Å²) in [6, 6.07) is 9.70. The smallest absolute Gasteiger partial charge is 0.404 e. The molecule has 0 aliphatic rings. The van der Waals surface area contributed by atoms with Crippen molar-refractivity contribution in [3.63, 3.8) is 0 Å². The largest absolute Gasteiger partial charge is 0.465 e. The number of aryl methyl sites for hydroxylation is 1. The first-order valence-electron chi connectivity index (χ1n) is 8.54. The Bertz CT molecular complexity index is 866. The van der Waals surface area contributed by atoms with Crippen LogP contribution in [0, 0.1) is 24.1 Å². The molecule has 1 heterocycles. The number of anilines is 3. The molecule has 7 nitrogen and oxygen atoms in total. The van der Waals surface area contributed by atoms with Crippen molar-refractivity contribution in [2.24, 2.45) is 0 Å². The molecule has 0 aliphatic heterocycles. The Hall–Kier alpha value is -3.34. The number of carbonyl (C=O) groups is 1. The van der Waals surface area contributed by atoms with Gasteiger partial charge in [0.25, 0.3) is 0 Å². The Kier molecular flexibility index (Phi) is 6.55. The van der Waals surface area contributed by atoms with Gasteiger partial charge >= 0.3 is 6.09 Å². The van der Waals surface area contributed by atoms with E-state index in [1.54, 1.807) is 6.92 Å². The molecule has 142 valence electrons. The number of halogens is 1. The van der Waals surface area contributed by atoms with Gasteiger partial charge in [-0.15, -0.1) is 0 Å². The standard InChI is InChI=1S/C19H22FN5O2/c1-4-16(12(3)22-19(26)27)24-18-15(20)9-13(10-21)17(25-18)23-14-7-5-6-11(2)8-14/h5-9,12,16,22H,4H2,1-3H3,(H,26,27)(H2,23,24,25)/t12-,16+/m0/s1. The highest BCUT2D eigenvalue weighted by Crippen LogP contribution is 2.24. The second-order valence-corrected chi connectivity index (χ2v) is 6.22. The van der Waals surface area contributed by atoms with E-state index in [0.717, 1.165) is 17.3 Å². The molecule has 2 aromatic rings. The molecule has 0 spiro atoms. The van der Waals surface area contributed by atoms with Crippen LogP contribution in [0.1, 0.15) is 31.4 Å². The summed E-state index contributed by atoms with van der Waals surface area (Å²) in [5, 5.41) is 26.5. The van der Waals surface area contributed by atoms with E-state index < -0.39 is 18.0 Å². The van der Waals surface area contributed by atoms with Gasteiger partial charge in [0.1, 0.15) is 6.07 Å². The van der Waals surface area contributed by atoms with E-state index in [-0.39, 0.29) is 23.2 Å². The predicted octanol–water partition coefficient (Wildman–Crippen LogP) is 3.99. The Balaban J connectivity index is 2.31. The second-order valence-electron chi connectivity index (χ2n) is 6.22. The highest BCUT2D eigenvalue weighted by Gasteiger charge is 2.20. The van der Waals surface area contributed by atoms with Crippen molar-refractivity contribution >= 4 is 23.4 Å². The third kappa shape index (κ3) is 5.31. The van der Waals surface area contributed by atoms with Crippen molar-refractivity contribution in [3.8, 4) is 6.07 Å². The molecule has 0 unspecified atom stereocenters. The Morgan fingerprint density at radius 2 is 2.11 bits per heavy atom. The number of benzene rings is 1. The van der Waals surface area contributed by atoms with E-state index in [0.29, 0.717) is 6.42 Å². The van der Waals surface area contributed by atoms with Crippen molar-refractivity contribution in [2.75, 3.05) is 10.6 Å². The fourth-order valence-corrected chi connectivity index (χ4v) is 2.68. The molecule has 0 saturated carbocycles. The van der Waals surface area contributed by atoms with Crippen molar-refractivity contribution in [2.45, 2.75) is 39.3 Å². The normalized spacial score (nSPS) is 12.6. The Labute approximate surface area is 157 Å². The van der Waals surface area contributed by atoms with E-state index in [2.05, 4.69) is 20.9 Å². The highest BCUT2D eigenvalue weighted by molar-refractivity contribution is 5.66. The van der Waals surface area contributed by atoms with Gasteiger partial charge in [-0.2, -0.15) is 5.26 Å². The fourth-order valence-electron chi connectivity index (χ4n) is 2.68. The molecule has 0 bridgehead atoms. The maximum Gasteiger partial charge on any atom is 0.404 e. The molecular formula is C19H22FN5O2. The van der Waals surface area contributed by atoms with Crippen LogP contribution in [-0.4, -0.2) is 28.3 Å². The minimum Gasteiger partial charge on any atom is -0.465 e. The zero-order chi connectivity index (χ0) is 20.0. The number of aromatic nitrogens is 1. The number of amides is 1. The van der Waals surface area contributed by atoms with Crippen molar-refractivity contribution in [1.82, 2.24) is 10.3 Å². The zero-order valence-corrected chi connectivity index (χ0v) is 15.4. The molecule has 2 rings (SSSR count). The average molecular weight is 371 g/mol. The monoisotopic (exact) mass is 371 g/mol. The summed E-state index contributed by atoms with van der Waals surface area (Å²) in [6.07, 6.45) is -0.610. The number of hydrogen-bond donors (Lipinski definition) is 4. The molecule has 0 radical (unpaired) electrons. The van der Waals surface area contributed by atoms with Gasteiger partial charge in [0.2, 0.25) is 0 Å². The molecule has 0 saturated heterocycles. The maximum absolute atomic E-state index is 14.4. The van der Waals surface area contributed by atoms with Crippen LogP contribution < -0.4 is 16.0 Å². The lowest BCUT2D eigenvalue weighted by Gasteiger charge is -2.25. The first-order valence-corrected chi connectivity index (χ1v) is 8.54. The van der Waals surface area contributed by atoms with Crippen LogP contribution in [0.2, 0.25) is 0 Å². The number of carboxylic acid groups (broad SMARTS) is 1. The van der Waals surface area contributed by atoms with E-state index in [4.69, 9.17) is 5.11 Å². The minimum atomic E-state index is -1.15. The van der Waals surface area contributed by atoms with Crippen molar-refractivity contribution in [3.05, 3.63) is 47.3 Å². The molecule has 1 amide bonds. The van der Waals surface area contributed by atoms with E-state index in [9.17, 15) is 14.4 Å². The molecule has 0 fully saturated rings. The maximum atomic E-state index is 14.4. The molecule has 1 aromatic heterocycles. The van der Waals surface area contributed by atoms with E-state index >= 15 is 0 Å². The first kappa shape index (κ1) is 20.0. The number of pyridine rings is 1. The number of nitrogens with zero attached hydrogens (tertiary/aromatic N) is 2. The van der Waals surface area contributed by atoms with Gasteiger partial charge in [-0.3, -0.25) is 0 Å². The summed E-state index contributed by atoms with van der Waals surface area (Å²) < 4.78 is 14.4. The summed E-state index contributed by atoms with van der Waals surface area (Å²) >= 11 is 0. The zero-order valence-electron chi connectivity index (χ0n) is 15.4. The number of nitriles is 1. The molecule has 8 heteroatoms. The van der Waals surface area contributed by atoms with Crippen LogP contribution in [0.25, 0.3) is 0 Å². The summed E-state index contributed by atoms with van der Waals surface area (Å²) in [4.78, 5) is 15.1. The lowest BCUT2D eigenvalue weighted by atomic mass is 10.1. The summed E-state index contributed by atoms with van der Waals surface area (Å²) in [7, 11) is 0. The SMILES string of the molecule is CC[C@@H](Nc1nc(Nc2cccc(C)c2)c(C#N)cc1F)[C@H](C)NC(=O)O. The van der Waals surface area contributed by atoms with Gasteiger partial charge in [0.15, 0.2) is 17.5 Å². The minimum absolute atomic E-state index is 0.0463. The lowest BCUT2D eigenvalue weighted by molar-refractivity contribution is 0.189. The number of nitrogens with one attached hydrogen (secondary N) is 3. The fraction of sp³-hybridized carbons (Fsp3) is 0.316. The van der Waals surface area contributed by atoms with Crippen LogP contribution in [0.5, 0.6) is 0 Å². The molecular weight excluding hydrogens is 349 g/mol. The van der Waals surface area contributed by atoms with Gasteiger partial charge in [-0.05, 0) is 44.0 Å². The quantitative estimate of drug-likeness (QED) is 0.586. The van der Waals surface area contributed by atoms with Gasteiger partial charge in [0, 0.05) is 17.8 Å². The van der Waals surface area contributed by atoms with Crippen LogP contribution in [0.3, 0.4) is 0 Å². The van der Waals surface area contributed by atoms with Gasteiger partial charge < -0.3 is 21.1 Å². The van der Waals surface area contributed by atoms with Gasteiger partial charge in [-0.25, -0.2) is 14.2 Å². The number of hydrogen-bond acceptors (Lipinski definition) is 5. The Morgan fingerprint density at radius 3 is 2.70 bits per heavy atom. The molecule has 2 atom stereocenters. The van der Waals surface area contributed by atoms with E-state index in [1.807, 2.05) is 44.2 Å². The predicted molar refractivity (Wildman–Crippen MR) is 102 cm³/mol. The summed E-state index contributed by atoms with van der Waals surface area (Å²) in [5.41, 5.74) is 1.83. The van der Waals surface area contributed by atoms with Gasteiger partial charge in [-0.1, -0.05) is 19.1 Å². The third-order valence-corrected chi connectivity index (χ3v) is 4.09. The molecule has 1 aromatic carbocycles. The van der Waals surface area contributed by atoms with E-state index in [1.165, 1.54) is 0 Å². The van der Waals surface area contributed by atoms with Crippen LogP contribution in [0.15, 0.2) is 30.3 Å². The van der Waals surface area contributed by atoms with Crippen molar-refractivity contribution < 1.29 is 14.3 Å². The first-order chi connectivity index (χ1) is 12.8. The molecule has 0 aliphatic carbocycles. The lowest BCUT2D eigenvalue weighted by Crippen LogP contribution is -2.44. The second kappa shape index (κ2) is 8.85. The average Bonchev–Trinajstić information content (AvgIpc) is 2.61. The van der Waals surface area contributed by atoms with Crippen LogP contribution in [-0.2, 0) is 0 Å². The number of rotatable bonds is 7. The topological polar surface area (TPSA) is 110 Å². The van der Waals surface area contributed by atoms with Crippen LogP contribution in [0.4, 0.5) is 26.5 Å². The highest BCUT2D eigenvalue weighted by atomic mass is 19.1. The van der Waals surface area contributed by atoms with Gasteiger partial charge in [0.05, 0.1) is 5.56 Å². The third-order valence-electron chi connectivity index (χ3n) is 4.09. The Morgan fingerprint density at radius 1 is 1.37 bits per heavy atom. The van der Waals surface area contributed by atoms with Crippen LogP contribution >= 0.6 is 0 Å². The molecule has 27 heavy (non-hydrogen) atoms. The summed E-state index contributed by atoms with van der Waals surface area (Å²) in [5.74, 6) is -0.502. The molecule has 4 N–H and O–H groups in total. The van der Waals surface area contributed by atoms with Crippen molar-refractivity contribution in [1.29, 1.82) is 5.26 Å². The summed E-state index contributed by atoms with van der Waals surface area (Å²) in [6.45, 7) is 5.47.